The summed E-state index contributed by atoms with van der Waals surface area (Å²) in [4.78, 5) is 13.7. The van der Waals surface area contributed by atoms with E-state index in [1.54, 1.807) is 0 Å². The third kappa shape index (κ3) is 2.62. The first-order valence-electron chi connectivity index (χ1n) is 5.04. The average molecular weight is 227 g/mol. The molecule has 4 nitrogen and oxygen atoms in total. The Kier molecular flexibility index (Phi) is 3.96. The van der Waals surface area contributed by atoms with Crippen LogP contribution in [0.4, 0.5) is 10.7 Å². The lowest BCUT2D eigenvalue weighted by Gasteiger charge is -2.19. The van der Waals surface area contributed by atoms with Crippen LogP contribution in [0.15, 0.2) is 6.07 Å². The van der Waals surface area contributed by atoms with Gasteiger partial charge in [0.1, 0.15) is 4.88 Å². The van der Waals surface area contributed by atoms with Crippen molar-refractivity contribution in [1.29, 1.82) is 0 Å². The van der Waals surface area contributed by atoms with E-state index in [-0.39, 0.29) is 0 Å². The Hall–Kier alpha value is -1.23. The SMILES string of the molecule is CCCN(CC)c1cc(N)c(C(N)=O)s1. The summed E-state index contributed by atoms with van der Waals surface area (Å²) < 4.78 is 0. The average Bonchev–Trinajstić information content (AvgIpc) is 2.56. The van der Waals surface area contributed by atoms with Crippen LogP contribution in [0.1, 0.15) is 29.9 Å². The smallest absolute Gasteiger partial charge is 0.260 e. The van der Waals surface area contributed by atoms with Gasteiger partial charge in [-0.2, -0.15) is 0 Å². The summed E-state index contributed by atoms with van der Waals surface area (Å²) >= 11 is 1.37. The van der Waals surface area contributed by atoms with E-state index in [9.17, 15) is 4.79 Å². The molecular formula is C10H17N3OS. The lowest BCUT2D eigenvalue weighted by Crippen LogP contribution is -2.22. The van der Waals surface area contributed by atoms with Crippen molar-refractivity contribution in [3.05, 3.63) is 10.9 Å². The van der Waals surface area contributed by atoms with Gasteiger partial charge in [-0.05, 0) is 19.4 Å². The molecule has 0 unspecified atom stereocenters. The highest BCUT2D eigenvalue weighted by atomic mass is 32.1. The molecule has 0 aliphatic carbocycles. The van der Waals surface area contributed by atoms with E-state index in [1.165, 1.54) is 11.3 Å². The normalized spacial score (nSPS) is 10.3. The molecular weight excluding hydrogens is 210 g/mol. The Balaban J connectivity index is 2.94. The summed E-state index contributed by atoms with van der Waals surface area (Å²) in [7, 11) is 0. The second-order valence-electron chi connectivity index (χ2n) is 3.31. The van der Waals surface area contributed by atoms with Crippen LogP contribution in [-0.2, 0) is 0 Å². The first kappa shape index (κ1) is 11.8. The van der Waals surface area contributed by atoms with Gasteiger partial charge in [0, 0.05) is 13.1 Å². The van der Waals surface area contributed by atoms with Crippen molar-refractivity contribution >= 4 is 27.9 Å². The van der Waals surface area contributed by atoms with E-state index in [0.29, 0.717) is 10.6 Å². The van der Waals surface area contributed by atoms with E-state index in [2.05, 4.69) is 18.7 Å². The van der Waals surface area contributed by atoms with Crippen molar-refractivity contribution in [3.8, 4) is 0 Å². The summed E-state index contributed by atoms with van der Waals surface area (Å²) in [6.45, 7) is 6.07. The Labute approximate surface area is 93.9 Å². The maximum atomic E-state index is 11.0. The Bertz CT molecular complexity index is 348. The number of rotatable bonds is 5. The van der Waals surface area contributed by atoms with Crippen LogP contribution in [0.5, 0.6) is 0 Å². The summed E-state index contributed by atoms with van der Waals surface area (Å²) in [5.41, 5.74) is 11.4. The van der Waals surface area contributed by atoms with Gasteiger partial charge in [0.15, 0.2) is 0 Å². The lowest BCUT2D eigenvalue weighted by molar-refractivity contribution is 0.100. The molecule has 0 bridgehead atoms. The summed E-state index contributed by atoms with van der Waals surface area (Å²) in [5, 5.41) is 1.02. The van der Waals surface area contributed by atoms with Crippen LogP contribution in [0.25, 0.3) is 0 Å². The number of hydrogen-bond acceptors (Lipinski definition) is 4. The van der Waals surface area contributed by atoms with E-state index < -0.39 is 5.91 Å². The van der Waals surface area contributed by atoms with Gasteiger partial charge in [0.05, 0.1) is 10.7 Å². The maximum absolute atomic E-state index is 11.0. The number of carbonyl (C=O) groups is 1. The number of hydrogen-bond donors (Lipinski definition) is 2. The molecule has 0 aromatic carbocycles. The summed E-state index contributed by atoms with van der Waals surface area (Å²) in [5.74, 6) is -0.448. The molecule has 0 saturated heterocycles. The topological polar surface area (TPSA) is 72.3 Å². The number of carbonyl (C=O) groups excluding carboxylic acids is 1. The number of amides is 1. The lowest BCUT2D eigenvalue weighted by atomic mass is 10.3. The fourth-order valence-corrected chi connectivity index (χ4v) is 2.46. The third-order valence-electron chi connectivity index (χ3n) is 2.16. The second kappa shape index (κ2) is 5.02. The number of primary amides is 1. The number of nitrogens with zero attached hydrogens (tertiary/aromatic N) is 1. The van der Waals surface area contributed by atoms with Crippen molar-refractivity contribution < 1.29 is 4.79 Å². The van der Waals surface area contributed by atoms with Crippen molar-refractivity contribution in [2.45, 2.75) is 20.3 Å². The predicted molar refractivity (Wildman–Crippen MR) is 65.4 cm³/mol. The molecule has 1 aromatic heterocycles. The fraction of sp³-hybridized carbons (Fsp3) is 0.500. The minimum absolute atomic E-state index is 0.448. The highest BCUT2D eigenvalue weighted by Crippen LogP contribution is 2.31. The van der Waals surface area contributed by atoms with Gasteiger partial charge in [0.2, 0.25) is 0 Å². The molecule has 1 aromatic rings. The minimum atomic E-state index is -0.448. The number of nitrogens with two attached hydrogens (primary N) is 2. The number of nitrogen functional groups attached to an aromatic ring is 1. The Morgan fingerprint density at radius 2 is 2.20 bits per heavy atom. The van der Waals surface area contributed by atoms with E-state index in [0.717, 1.165) is 24.5 Å². The summed E-state index contributed by atoms with van der Waals surface area (Å²) in [6.07, 6.45) is 1.07. The molecule has 0 radical (unpaired) electrons. The van der Waals surface area contributed by atoms with Crippen molar-refractivity contribution in [2.24, 2.45) is 5.73 Å². The zero-order valence-corrected chi connectivity index (χ0v) is 9.93. The van der Waals surface area contributed by atoms with Crippen molar-refractivity contribution in [3.63, 3.8) is 0 Å². The molecule has 4 N–H and O–H groups in total. The Morgan fingerprint density at radius 1 is 1.53 bits per heavy atom. The minimum Gasteiger partial charge on any atom is -0.397 e. The van der Waals surface area contributed by atoms with Crippen LogP contribution in [0.2, 0.25) is 0 Å². The van der Waals surface area contributed by atoms with Gasteiger partial charge in [-0.15, -0.1) is 11.3 Å². The van der Waals surface area contributed by atoms with Gasteiger partial charge in [-0.3, -0.25) is 4.79 Å². The van der Waals surface area contributed by atoms with Gasteiger partial charge in [-0.1, -0.05) is 6.92 Å². The second-order valence-corrected chi connectivity index (χ2v) is 4.34. The molecule has 0 atom stereocenters. The summed E-state index contributed by atoms with van der Waals surface area (Å²) in [6, 6.07) is 1.82. The van der Waals surface area contributed by atoms with Crippen LogP contribution in [0.3, 0.4) is 0 Å². The molecule has 5 heteroatoms. The monoisotopic (exact) mass is 227 g/mol. The molecule has 15 heavy (non-hydrogen) atoms. The van der Waals surface area contributed by atoms with Gasteiger partial charge in [0.25, 0.3) is 5.91 Å². The van der Waals surface area contributed by atoms with E-state index in [1.807, 2.05) is 6.07 Å². The molecule has 1 rings (SSSR count). The highest BCUT2D eigenvalue weighted by Gasteiger charge is 2.14. The molecule has 1 heterocycles. The van der Waals surface area contributed by atoms with Crippen molar-refractivity contribution in [2.75, 3.05) is 23.7 Å². The fourth-order valence-electron chi connectivity index (χ4n) is 1.43. The van der Waals surface area contributed by atoms with Crippen molar-refractivity contribution in [1.82, 2.24) is 0 Å². The van der Waals surface area contributed by atoms with E-state index in [4.69, 9.17) is 11.5 Å². The largest absolute Gasteiger partial charge is 0.397 e. The van der Waals surface area contributed by atoms with Crippen LogP contribution >= 0.6 is 11.3 Å². The zero-order chi connectivity index (χ0) is 11.4. The Morgan fingerprint density at radius 3 is 2.60 bits per heavy atom. The van der Waals surface area contributed by atoms with Gasteiger partial charge < -0.3 is 16.4 Å². The number of thiophene rings is 1. The molecule has 0 fully saturated rings. The predicted octanol–water partition coefficient (Wildman–Crippen LogP) is 1.67. The van der Waals surface area contributed by atoms with Crippen LogP contribution < -0.4 is 16.4 Å². The van der Waals surface area contributed by atoms with Crippen LogP contribution in [0, 0.1) is 0 Å². The maximum Gasteiger partial charge on any atom is 0.260 e. The quantitative estimate of drug-likeness (QED) is 0.803. The molecule has 0 spiro atoms. The van der Waals surface area contributed by atoms with Gasteiger partial charge >= 0.3 is 0 Å². The molecule has 0 aliphatic rings. The first-order valence-corrected chi connectivity index (χ1v) is 5.85. The molecule has 84 valence electrons. The number of anilines is 2. The van der Waals surface area contributed by atoms with Gasteiger partial charge in [-0.25, -0.2) is 0 Å². The molecule has 0 saturated carbocycles. The standard InChI is InChI=1S/C10H17N3OS/c1-3-5-13(4-2)8-6-7(11)9(15-8)10(12)14/h6H,3-5,11H2,1-2H3,(H2,12,14). The molecule has 1 amide bonds. The highest BCUT2D eigenvalue weighted by molar-refractivity contribution is 7.18. The third-order valence-corrected chi connectivity index (χ3v) is 3.38. The zero-order valence-electron chi connectivity index (χ0n) is 9.12. The van der Waals surface area contributed by atoms with E-state index >= 15 is 0 Å². The molecule has 0 aliphatic heterocycles. The first-order chi connectivity index (χ1) is 7.10. The van der Waals surface area contributed by atoms with Crippen LogP contribution in [-0.4, -0.2) is 19.0 Å².